The summed E-state index contributed by atoms with van der Waals surface area (Å²) < 4.78 is 29.7. The number of esters is 1. The Labute approximate surface area is 152 Å². The topological polar surface area (TPSA) is 102 Å². The molecule has 0 aliphatic rings. The molecule has 26 heavy (non-hydrogen) atoms. The predicted molar refractivity (Wildman–Crippen MR) is 99.6 cm³/mol. The van der Waals surface area contributed by atoms with Gasteiger partial charge in [-0.2, -0.15) is 0 Å². The fourth-order valence-electron chi connectivity index (χ4n) is 2.20. The number of anilines is 2. The number of benzene rings is 2. The van der Waals surface area contributed by atoms with Crippen LogP contribution in [-0.2, 0) is 26.0 Å². The Morgan fingerprint density at radius 3 is 2.42 bits per heavy atom. The van der Waals surface area contributed by atoms with Gasteiger partial charge < -0.3 is 10.1 Å². The number of ether oxygens (including phenoxy) is 1. The van der Waals surface area contributed by atoms with Crippen molar-refractivity contribution < 1.29 is 22.7 Å². The van der Waals surface area contributed by atoms with Gasteiger partial charge >= 0.3 is 5.97 Å². The van der Waals surface area contributed by atoms with Crippen molar-refractivity contribution in [3.05, 3.63) is 59.7 Å². The van der Waals surface area contributed by atoms with Crippen LogP contribution in [0.2, 0.25) is 0 Å². The van der Waals surface area contributed by atoms with Crippen LogP contribution >= 0.6 is 0 Å². The van der Waals surface area contributed by atoms with Crippen molar-refractivity contribution in [2.24, 2.45) is 0 Å². The lowest BCUT2D eigenvalue weighted by molar-refractivity contribution is -0.119. The highest BCUT2D eigenvalue weighted by Gasteiger charge is 2.12. The van der Waals surface area contributed by atoms with E-state index in [1.807, 2.05) is 25.1 Å². The van der Waals surface area contributed by atoms with Gasteiger partial charge in [-0.25, -0.2) is 13.2 Å². The first-order valence-corrected chi connectivity index (χ1v) is 9.80. The third-order valence-corrected chi connectivity index (χ3v) is 3.96. The normalized spacial score (nSPS) is 10.8. The highest BCUT2D eigenvalue weighted by atomic mass is 32.2. The molecule has 0 atom stereocenters. The first kappa shape index (κ1) is 19.5. The van der Waals surface area contributed by atoms with Gasteiger partial charge in [0.25, 0.3) is 5.91 Å². The van der Waals surface area contributed by atoms with Gasteiger partial charge in [0.1, 0.15) is 0 Å². The molecule has 0 unspecified atom stereocenters. The van der Waals surface area contributed by atoms with Crippen molar-refractivity contribution >= 4 is 33.3 Å². The molecular formula is C18H20N2O5S. The van der Waals surface area contributed by atoms with Gasteiger partial charge in [-0.3, -0.25) is 9.52 Å². The molecule has 0 bridgehead atoms. The number of hydrogen-bond donors (Lipinski definition) is 2. The summed E-state index contributed by atoms with van der Waals surface area (Å²) in [5, 5.41) is 2.66. The molecule has 2 N–H and O–H groups in total. The summed E-state index contributed by atoms with van der Waals surface area (Å²) in [5.41, 5.74) is 2.09. The molecule has 2 aromatic carbocycles. The van der Waals surface area contributed by atoms with Crippen molar-refractivity contribution in [1.82, 2.24) is 0 Å². The summed E-state index contributed by atoms with van der Waals surface area (Å²) in [6, 6.07) is 13.2. The third kappa shape index (κ3) is 6.21. The summed E-state index contributed by atoms with van der Waals surface area (Å²) in [6.07, 6.45) is 1.85. The molecule has 0 aliphatic carbocycles. The fourth-order valence-corrected chi connectivity index (χ4v) is 2.76. The van der Waals surface area contributed by atoms with E-state index in [0.717, 1.165) is 18.2 Å². The summed E-state index contributed by atoms with van der Waals surface area (Å²) in [6.45, 7) is 1.56. The van der Waals surface area contributed by atoms with E-state index in [-0.39, 0.29) is 11.3 Å². The quantitative estimate of drug-likeness (QED) is 0.723. The Hall–Kier alpha value is -2.87. The van der Waals surface area contributed by atoms with Gasteiger partial charge in [0, 0.05) is 11.4 Å². The average molecular weight is 376 g/mol. The zero-order valence-corrected chi connectivity index (χ0v) is 15.3. The number of rotatable bonds is 7. The van der Waals surface area contributed by atoms with Gasteiger partial charge in [-0.05, 0) is 42.3 Å². The van der Waals surface area contributed by atoms with Gasteiger partial charge in [0.2, 0.25) is 10.0 Å². The maximum atomic E-state index is 12.0. The number of amides is 1. The second-order valence-electron chi connectivity index (χ2n) is 5.63. The van der Waals surface area contributed by atoms with E-state index in [4.69, 9.17) is 4.74 Å². The molecule has 8 heteroatoms. The minimum atomic E-state index is -3.45. The SMILES string of the molecule is CCc1cccc(NC(=O)COC(=O)c2cccc(NS(C)(=O)=O)c2)c1. The highest BCUT2D eigenvalue weighted by molar-refractivity contribution is 7.92. The molecule has 0 aliphatic heterocycles. The lowest BCUT2D eigenvalue weighted by Gasteiger charge is -2.09. The van der Waals surface area contributed by atoms with Crippen LogP contribution in [0.5, 0.6) is 0 Å². The Morgan fingerprint density at radius 1 is 1.04 bits per heavy atom. The molecule has 0 aromatic heterocycles. The summed E-state index contributed by atoms with van der Waals surface area (Å²) in [5.74, 6) is -1.18. The van der Waals surface area contributed by atoms with Crippen LogP contribution in [0.4, 0.5) is 11.4 Å². The largest absolute Gasteiger partial charge is 0.452 e. The zero-order valence-electron chi connectivity index (χ0n) is 14.5. The van der Waals surface area contributed by atoms with Gasteiger partial charge in [0.05, 0.1) is 11.8 Å². The minimum absolute atomic E-state index is 0.138. The number of carbonyl (C=O) groups excluding carboxylic acids is 2. The monoisotopic (exact) mass is 376 g/mol. The van der Waals surface area contributed by atoms with E-state index in [2.05, 4.69) is 10.0 Å². The van der Waals surface area contributed by atoms with E-state index in [0.29, 0.717) is 5.69 Å². The van der Waals surface area contributed by atoms with E-state index < -0.39 is 28.5 Å². The van der Waals surface area contributed by atoms with E-state index in [1.165, 1.54) is 24.3 Å². The van der Waals surface area contributed by atoms with Gasteiger partial charge in [-0.15, -0.1) is 0 Å². The lowest BCUT2D eigenvalue weighted by Crippen LogP contribution is -2.21. The number of carbonyl (C=O) groups is 2. The van der Waals surface area contributed by atoms with Crippen molar-refractivity contribution in [2.45, 2.75) is 13.3 Å². The van der Waals surface area contributed by atoms with Crippen molar-refractivity contribution in [3.8, 4) is 0 Å². The zero-order chi connectivity index (χ0) is 19.2. The molecular weight excluding hydrogens is 356 g/mol. The first-order valence-electron chi connectivity index (χ1n) is 7.90. The summed E-state index contributed by atoms with van der Waals surface area (Å²) in [4.78, 5) is 24.0. The maximum Gasteiger partial charge on any atom is 0.338 e. The lowest BCUT2D eigenvalue weighted by atomic mass is 10.1. The molecule has 7 nitrogen and oxygen atoms in total. The fraction of sp³-hybridized carbons (Fsp3) is 0.222. The molecule has 2 rings (SSSR count). The Balaban J connectivity index is 1.93. The molecule has 138 valence electrons. The van der Waals surface area contributed by atoms with Gasteiger partial charge in [0.15, 0.2) is 6.61 Å². The first-order chi connectivity index (χ1) is 12.3. The van der Waals surface area contributed by atoms with Crippen molar-refractivity contribution in [2.75, 3.05) is 22.9 Å². The average Bonchev–Trinajstić information content (AvgIpc) is 2.58. The molecule has 0 spiro atoms. The van der Waals surface area contributed by atoms with Crippen LogP contribution in [0.15, 0.2) is 48.5 Å². The summed E-state index contributed by atoms with van der Waals surface area (Å²) in [7, 11) is -3.45. The Kier molecular flexibility index (Phi) is 6.35. The van der Waals surface area contributed by atoms with Crippen LogP contribution in [-0.4, -0.2) is 33.2 Å². The second kappa shape index (κ2) is 8.48. The molecule has 1 amide bonds. The highest BCUT2D eigenvalue weighted by Crippen LogP contribution is 2.14. The molecule has 0 saturated carbocycles. The maximum absolute atomic E-state index is 12.0. The van der Waals surface area contributed by atoms with Crippen LogP contribution < -0.4 is 10.0 Å². The van der Waals surface area contributed by atoms with Crippen LogP contribution in [0.25, 0.3) is 0 Å². The number of nitrogens with one attached hydrogen (secondary N) is 2. The predicted octanol–water partition coefficient (Wildman–Crippen LogP) is 2.42. The van der Waals surface area contributed by atoms with E-state index in [9.17, 15) is 18.0 Å². The number of aryl methyl sites for hydroxylation is 1. The van der Waals surface area contributed by atoms with Crippen LogP contribution in [0.1, 0.15) is 22.8 Å². The van der Waals surface area contributed by atoms with Crippen molar-refractivity contribution in [1.29, 1.82) is 0 Å². The number of sulfonamides is 1. The molecule has 0 heterocycles. The smallest absolute Gasteiger partial charge is 0.338 e. The van der Waals surface area contributed by atoms with Crippen molar-refractivity contribution in [3.63, 3.8) is 0 Å². The molecule has 2 aromatic rings. The number of hydrogen-bond acceptors (Lipinski definition) is 5. The summed E-state index contributed by atoms with van der Waals surface area (Å²) >= 11 is 0. The van der Waals surface area contributed by atoms with Crippen LogP contribution in [0, 0.1) is 0 Å². The third-order valence-electron chi connectivity index (χ3n) is 3.35. The van der Waals surface area contributed by atoms with Crippen LogP contribution in [0.3, 0.4) is 0 Å². The minimum Gasteiger partial charge on any atom is -0.452 e. The van der Waals surface area contributed by atoms with E-state index in [1.54, 1.807) is 6.07 Å². The Morgan fingerprint density at radius 2 is 1.73 bits per heavy atom. The molecule has 0 fully saturated rings. The molecule has 0 radical (unpaired) electrons. The Bertz CT molecular complexity index is 909. The van der Waals surface area contributed by atoms with E-state index >= 15 is 0 Å². The standard InChI is InChI=1S/C18H20N2O5S/c1-3-13-6-4-8-15(10-13)19-17(21)12-25-18(22)14-7-5-9-16(11-14)20-26(2,23)24/h4-11,20H,3,12H2,1-2H3,(H,19,21). The molecule has 0 saturated heterocycles. The van der Waals surface area contributed by atoms with Gasteiger partial charge in [-0.1, -0.05) is 25.1 Å². The second-order valence-corrected chi connectivity index (χ2v) is 7.38.